The highest BCUT2D eigenvalue weighted by Gasteiger charge is 2.27. The van der Waals surface area contributed by atoms with Gasteiger partial charge in [-0.3, -0.25) is 0 Å². The standard InChI is InChI=1S/C23H20F2N10O/c1-12-18(36-13-4-5-35-19(6-13)29-11-31-35)3-2-15(20(12)25)32-22-21-17(28-10-30-22)9-27-23(34-21)33-16-8-26-7-14(16)24/h2-6,9-11,14,16,26H,7-8H2,1H3,(H,27,33,34)(H,28,30,32)/t14-,16+/m1/s1. The normalized spacial score (nSPS) is 17.5. The van der Waals surface area contributed by atoms with Crippen molar-refractivity contribution in [3.05, 3.63) is 60.7 Å². The summed E-state index contributed by atoms with van der Waals surface area (Å²) in [6.07, 6.45) is 4.95. The molecule has 5 aromatic rings. The number of aromatic nitrogens is 7. The van der Waals surface area contributed by atoms with E-state index in [2.05, 4.69) is 46.0 Å². The van der Waals surface area contributed by atoms with Gasteiger partial charge in [-0.25, -0.2) is 38.2 Å². The molecule has 4 aromatic heterocycles. The molecule has 0 unspecified atom stereocenters. The van der Waals surface area contributed by atoms with Crippen LogP contribution in [0.5, 0.6) is 11.5 Å². The van der Waals surface area contributed by atoms with Crippen molar-refractivity contribution >= 4 is 34.1 Å². The second-order valence-corrected chi connectivity index (χ2v) is 8.28. The molecule has 1 aliphatic heterocycles. The lowest BCUT2D eigenvalue weighted by Crippen LogP contribution is -2.30. The van der Waals surface area contributed by atoms with Gasteiger partial charge >= 0.3 is 0 Å². The molecule has 1 aliphatic rings. The van der Waals surface area contributed by atoms with Crippen LogP contribution in [0.4, 0.5) is 26.2 Å². The zero-order valence-corrected chi connectivity index (χ0v) is 19.0. The number of hydrogen-bond acceptors (Lipinski definition) is 10. The Labute approximate surface area is 203 Å². The van der Waals surface area contributed by atoms with Crippen LogP contribution in [0.25, 0.3) is 16.7 Å². The number of benzene rings is 1. The quantitative estimate of drug-likeness (QED) is 0.327. The molecule has 11 nitrogen and oxygen atoms in total. The third-order valence-corrected chi connectivity index (χ3v) is 5.90. The summed E-state index contributed by atoms with van der Waals surface area (Å²) < 4.78 is 36.8. The van der Waals surface area contributed by atoms with Gasteiger partial charge in [0.05, 0.1) is 17.9 Å². The largest absolute Gasteiger partial charge is 0.457 e. The molecular weight excluding hydrogens is 470 g/mol. The molecule has 3 N–H and O–H groups in total. The van der Waals surface area contributed by atoms with Gasteiger partial charge in [0, 0.05) is 30.9 Å². The predicted octanol–water partition coefficient (Wildman–Crippen LogP) is 3.17. The highest BCUT2D eigenvalue weighted by molar-refractivity contribution is 5.87. The summed E-state index contributed by atoms with van der Waals surface area (Å²) >= 11 is 0. The lowest BCUT2D eigenvalue weighted by atomic mass is 10.1. The molecule has 0 spiro atoms. The van der Waals surface area contributed by atoms with Gasteiger partial charge in [0.1, 0.15) is 41.4 Å². The van der Waals surface area contributed by atoms with Crippen LogP contribution in [-0.4, -0.2) is 59.8 Å². The molecule has 2 atom stereocenters. The maximum Gasteiger partial charge on any atom is 0.223 e. The summed E-state index contributed by atoms with van der Waals surface area (Å²) in [6, 6.07) is 6.20. The maximum atomic E-state index is 15.3. The fourth-order valence-corrected chi connectivity index (χ4v) is 3.96. The molecule has 0 bridgehead atoms. The van der Waals surface area contributed by atoms with Crippen molar-refractivity contribution in [3.8, 4) is 11.5 Å². The summed E-state index contributed by atoms with van der Waals surface area (Å²) in [5.41, 5.74) is 1.93. The SMILES string of the molecule is Cc1c(Oc2ccn3ncnc3c2)ccc(Nc2ncnc3cnc(N[C@H]4CNC[C@H]4F)nc23)c1F. The molecule has 6 rings (SSSR count). The first-order chi connectivity index (χ1) is 17.5. The third-order valence-electron chi connectivity index (χ3n) is 5.90. The number of anilines is 3. The number of alkyl halides is 1. The fraction of sp³-hybridized carbons (Fsp3) is 0.217. The monoisotopic (exact) mass is 490 g/mol. The Hall–Kier alpha value is -4.52. The molecule has 0 saturated carbocycles. The summed E-state index contributed by atoms with van der Waals surface area (Å²) in [4.78, 5) is 21.2. The first-order valence-corrected chi connectivity index (χ1v) is 11.2. The van der Waals surface area contributed by atoms with Crippen LogP contribution < -0.4 is 20.7 Å². The van der Waals surface area contributed by atoms with Crippen molar-refractivity contribution in [3.63, 3.8) is 0 Å². The minimum atomic E-state index is -1.05. The van der Waals surface area contributed by atoms with Crippen molar-refractivity contribution < 1.29 is 13.5 Å². The average Bonchev–Trinajstić information content (AvgIpc) is 3.52. The van der Waals surface area contributed by atoms with Crippen molar-refractivity contribution in [2.75, 3.05) is 23.7 Å². The third kappa shape index (κ3) is 4.09. The number of fused-ring (bicyclic) bond motifs is 2. The number of ether oxygens (including phenoxy) is 1. The zero-order chi connectivity index (χ0) is 24.6. The van der Waals surface area contributed by atoms with E-state index in [1.165, 1.54) is 18.9 Å². The second-order valence-electron chi connectivity index (χ2n) is 8.28. The van der Waals surface area contributed by atoms with Crippen molar-refractivity contribution in [2.45, 2.75) is 19.1 Å². The van der Waals surface area contributed by atoms with Gasteiger partial charge in [0.15, 0.2) is 17.3 Å². The van der Waals surface area contributed by atoms with Crippen molar-refractivity contribution in [2.24, 2.45) is 0 Å². The summed E-state index contributed by atoms with van der Waals surface area (Å²) in [6.45, 7) is 2.36. The van der Waals surface area contributed by atoms with Crippen LogP contribution in [0.1, 0.15) is 5.56 Å². The molecule has 36 heavy (non-hydrogen) atoms. The molecule has 0 aliphatic carbocycles. The molecule has 0 radical (unpaired) electrons. The lowest BCUT2D eigenvalue weighted by molar-refractivity contribution is 0.342. The van der Waals surface area contributed by atoms with Crippen molar-refractivity contribution in [1.29, 1.82) is 0 Å². The molecule has 5 heterocycles. The maximum absolute atomic E-state index is 15.3. The number of pyridine rings is 1. The van der Waals surface area contributed by atoms with Crippen molar-refractivity contribution in [1.82, 2.24) is 39.9 Å². The Morgan fingerprint density at radius 2 is 2.03 bits per heavy atom. The van der Waals surface area contributed by atoms with E-state index >= 15 is 4.39 Å². The molecule has 0 amide bonds. The first-order valence-electron chi connectivity index (χ1n) is 11.2. The average molecular weight is 490 g/mol. The van der Waals surface area contributed by atoms with Gasteiger partial charge in [0.25, 0.3) is 0 Å². The van der Waals surface area contributed by atoms with Gasteiger partial charge in [-0.05, 0) is 25.1 Å². The van der Waals surface area contributed by atoms with Crippen LogP contribution >= 0.6 is 0 Å². The Bertz CT molecular complexity index is 1580. The van der Waals surface area contributed by atoms with E-state index in [0.717, 1.165) is 0 Å². The molecule has 1 saturated heterocycles. The zero-order valence-electron chi connectivity index (χ0n) is 19.0. The van der Waals surface area contributed by atoms with Crippen LogP contribution in [0.15, 0.2) is 49.3 Å². The van der Waals surface area contributed by atoms with Gasteiger partial charge < -0.3 is 20.7 Å². The molecule has 1 aromatic carbocycles. The van der Waals surface area contributed by atoms with E-state index < -0.39 is 18.0 Å². The van der Waals surface area contributed by atoms with E-state index in [0.29, 0.717) is 40.3 Å². The Balaban J connectivity index is 1.27. The van der Waals surface area contributed by atoms with Gasteiger partial charge in [-0.15, -0.1) is 0 Å². The minimum absolute atomic E-state index is 0.185. The van der Waals surface area contributed by atoms with Crippen LogP contribution in [0.3, 0.4) is 0 Å². The fourth-order valence-electron chi connectivity index (χ4n) is 3.96. The van der Waals surface area contributed by atoms with Crippen LogP contribution in [-0.2, 0) is 0 Å². The van der Waals surface area contributed by atoms with Gasteiger partial charge in [-0.1, -0.05) is 0 Å². The Morgan fingerprint density at radius 3 is 2.89 bits per heavy atom. The van der Waals surface area contributed by atoms with Crippen LogP contribution in [0, 0.1) is 12.7 Å². The Kier molecular flexibility index (Phi) is 5.45. The molecular formula is C23H20F2N10O. The first kappa shape index (κ1) is 22.0. The highest BCUT2D eigenvalue weighted by atomic mass is 19.1. The van der Waals surface area contributed by atoms with E-state index in [1.54, 1.807) is 41.9 Å². The number of rotatable bonds is 6. The second kappa shape index (κ2) is 8.92. The molecule has 182 valence electrons. The summed E-state index contributed by atoms with van der Waals surface area (Å²) in [5, 5.41) is 13.0. The van der Waals surface area contributed by atoms with Crippen LogP contribution in [0.2, 0.25) is 0 Å². The molecule has 1 fully saturated rings. The summed E-state index contributed by atoms with van der Waals surface area (Å²) in [5.74, 6) is 0.879. The topological polar surface area (TPSA) is 127 Å². The van der Waals surface area contributed by atoms with Gasteiger partial charge in [-0.2, -0.15) is 5.10 Å². The predicted molar refractivity (Wildman–Crippen MR) is 128 cm³/mol. The number of nitrogens with one attached hydrogen (secondary N) is 3. The molecule has 13 heteroatoms. The lowest BCUT2D eigenvalue weighted by Gasteiger charge is -2.15. The van der Waals surface area contributed by atoms with E-state index in [1.807, 2.05) is 0 Å². The smallest absolute Gasteiger partial charge is 0.223 e. The Morgan fingerprint density at radius 1 is 1.11 bits per heavy atom. The number of halogens is 2. The number of nitrogens with zero attached hydrogens (tertiary/aromatic N) is 7. The van der Waals surface area contributed by atoms with E-state index in [4.69, 9.17) is 4.74 Å². The summed E-state index contributed by atoms with van der Waals surface area (Å²) in [7, 11) is 0. The highest BCUT2D eigenvalue weighted by Crippen LogP contribution is 2.32. The van der Waals surface area contributed by atoms with Gasteiger partial charge in [0.2, 0.25) is 5.95 Å². The van der Waals surface area contributed by atoms with E-state index in [-0.39, 0.29) is 24.0 Å². The minimum Gasteiger partial charge on any atom is -0.457 e. The number of hydrogen-bond donors (Lipinski definition) is 3. The van der Waals surface area contributed by atoms with E-state index in [9.17, 15) is 4.39 Å².